The third-order valence-corrected chi connectivity index (χ3v) is 4.64. The van der Waals surface area contributed by atoms with E-state index in [1.54, 1.807) is 24.5 Å². The minimum atomic E-state index is -4.71. The molecule has 0 amide bonds. The summed E-state index contributed by atoms with van der Waals surface area (Å²) in [7, 11) is 0. The van der Waals surface area contributed by atoms with Crippen LogP contribution in [0.15, 0.2) is 54.9 Å². The first kappa shape index (κ1) is 19.4. The Balaban J connectivity index is 1.49. The molecule has 1 aliphatic rings. The van der Waals surface area contributed by atoms with Gasteiger partial charge >= 0.3 is 6.36 Å². The molecule has 1 saturated heterocycles. The number of benzene rings is 1. The molecule has 3 heterocycles. The van der Waals surface area contributed by atoms with Gasteiger partial charge in [-0.2, -0.15) is 0 Å². The van der Waals surface area contributed by atoms with Crippen LogP contribution in [0.1, 0.15) is 17.6 Å². The molecule has 0 bridgehead atoms. The second-order valence-electron chi connectivity index (χ2n) is 6.64. The topological polar surface area (TPSA) is 63.3 Å². The lowest BCUT2D eigenvalue weighted by Gasteiger charge is -2.34. The largest absolute Gasteiger partial charge is 0.573 e. The van der Waals surface area contributed by atoms with Crippen LogP contribution in [-0.4, -0.2) is 46.0 Å². The van der Waals surface area contributed by atoms with Crippen molar-refractivity contribution < 1.29 is 22.6 Å². The molecule has 9 heteroatoms. The maximum absolute atomic E-state index is 12.3. The van der Waals surface area contributed by atoms with Crippen molar-refractivity contribution in [2.24, 2.45) is 0 Å². The number of H-pyrrole nitrogens is 1. The molecule has 2 aromatic heterocycles. The Morgan fingerprint density at radius 1 is 1.14 bits per heavy atom. The first-order valence-corrected chi connectivity index (χ1v) is 9.11. The number of pyridine rings is 1. The standard InChI is InChI=1S/C20H19F3N4O2/c21-20(22,23)29-16-6-4-14(5-7-16)17-11-25-19(26-17)18-13-28-10-9-27(18)12-15-3-1-2-8-24-15/h1-8,11,18H,9-10,12-13H2,(H,25,26). The lowest BCUT2D eigenvalue weighted by molar-refractivity contribution is -0.274. The van der Waals surface area contributed by atoms with Crippen LogP contribution >= 0.6 is 0 Å². The summed E-state index contributed by atoms with van der Waals surface area (Å²) in [5, 5.41) is 0. The van der Waals surface area contributed by atoms with Crippen LogP contribution in [0.3, 0.4) is 0 Å². The molecule has 1 fully saturated rings. The molecule has 6 nitrogen and oxygen atoms in total. The zero-order valence-corrected chi connectivity index (χ0v) is 15.4. The third-order valence-electron chi connectivity index (χ3n) is 4.64. The van der Waals surface area contributed by atoms with Crippen molar-refractivity contribution in [2.45, 2.75) is 18.9 Å². The second kappa shape index (κ2) is 8.22. The molecular weight excluding hydrogens is 385 g/mol. The zero-order valence-electron chi connectivity index (χ0n) is 15.4. The van der Waals surface area contributed by atoms with Gasteiger partial charge in [0.15, 0.2) is 0 Å². The number of hydrogen-bond donors (Lipinski definition) is 1. The predicted molar refractivity (Wildman–Crippen MR) is 98.9 cm³/mol. The highest BCUT2D eigenvalue weighted by Crippen LogP contribution is 2.28. The van der Waals surface area contributed by atoms with Crippen LogP contribution in [0.4, 0.5) is 13.2 Å². The van der Waals surface area contributed by atoms with Gasteiger partial charge in [0, 0.05) is 19.3 Å². The van der Waals surface area contributed by atoms with E-state index < -0.39 is 6.36 Å². The van der Waals surface area contributed by atoms with Gasteiger partial charge in [-0.25, -0.2) is 4.98 Å². The monoisotopic (exact) mass is 404 g/mol. The van der Waals surface area contributed by atoms with Crippen LogP contribution < -0.4 is 4.74 Å². The van der Waals surface area contributed by atoms with Gasteiger partial charge in [0.25, 0.3) is 0 Å². The van der Waals surface area contributed by atoms with Crippen LogP contribution in [0.2, 0.25) is 0 Å². The Morgan fingerprint density at radius 3 is 2.69 bits per heavy atom. The van der Waals surface area contributed by atoms with Gasteiger partial charge in [-0.05, 0) is 42.0 Å². The van der Waals surface area contributed by atoms with E-state index in [9.17, 15) is 13.2 Å². The van der Waals surface area contributed by atoms with E-state index in [0.717, 1.165) is 18.1 Å². The minimum Gasteiger partial charge on any atom is -0.406 e. The average Bonchev–Trinajstić information content (AvgIpc) is 3.19. The van der Waals surface area contributed by atoms with Crippen molar-refractivity contribution in [1.29, 1.82) is 0 Å². The van der Waals surface area contributed by atoms with E-state index in [2.05, 4.69) is 24.6 Å². The highest BCUT2D eigenvalue weighted by molar-refractivity contribution is 5.59. The molecule has 1 atom stereocenters. The molecule has 0 saturated carbocycles. The lowest BCUT2D eigenvalue weighted by atomic mass is 10.1. The molecule has 0 radical (unpaired) electrons. The Labute approximate surface area is 165 Å². The number of imidazole rings is 1. The van der Waals surface area contributed by atoms with E-state index in [0.29, 0.717) is 31.0 Å². The summed E-state index contributed by atoms with van der Waals surface area (Å²) in [6, 6.07) is 11.4. The minimum absolute atomic E-state index is 0.0626. The molecule has 1 N–H and O–H groups in total. The lowest BCUT2D eigenvalue weighted by Crippen LogP contribution is -2.39. The predicted octanol–water partition coefficient (Wildman–Crippen LogP) is 3.94. The van der Waals surface area contributed by atoms with Crippen molar-refractivity contribution in [3.63, 3.8) is 0 Å². The maximum Gasteiger partial charge on any atom is 0.573 e. The second-order valence-corrected chi connectivity index (χ2v) is 6.64. The summed E-state index contributed by atoms with van der Waals surface area (Å²) in [6.07, 6.45) is -1.27. The highest BCUT2D eigenvalue weighted by Gasteiger charge is 2.31. The number of alkyl halides is 3. The Bertz CT molecular complexity index is 929. The number of aromatic amines is 1. The van der Waals surface area contributed by atoms with Crippen molar-refractivity contribution in [2.75, 3.05) is 19.8 Å². The summed E-state index contributed by atoms with van der Waals surface area (Å²) in [5.41, 5.74) is 2.39. The van der Waals surface area contributed by atoms with E-state index in [-0.39, 0.29) is 11.8 Å². The van der Waals surface area contributed by atoms with Crippen LogP contribution in [-0.2, 0) is 11.3 Å². The first-order valence-electron chi connectivity index (χ1n) is 9.11. The summed E-state index contributed by atoms with van der Waals surface area (Å²) in [5.74, 6) is 0.481. The zero-order chi connectivity index (χ0) is 20.3. The number of rotatable bonds is 5. The average molecular weight is 404 g/mol. The molecule has 1 aromatic carbocycles. The Kier molecular flexibility index (Phi) is 5.50. The summed E-state index contributed by atoms with van der Waals surface area (Å²) in [6.45, 7) is 2.56. The van der Waals surface area contributed by atoms with E-state index in [1.807, 2.05) is 18.2 Å². The summed E-state index contributed by atoms with van der Waals surface area (Å²) >= 11 is 0. The molecule has 0 aliphatic carbocycles. The fourth-order valence-electron chi connectivity index (χ4n) is 3.27. The van der Waals surface area contributed by atoms with Crippen molar-refractivity contribution in [1.82, 2.24) is 19.9 Å². The number of nitrogens with one attached hydrogen (secondary N) is 1. The van der Waals surface area contributed by atoms with Crippen molar-refractivity contribution >= 4 is 0 Å². The molecule has 1 unspecified atom stereocenters. The number of nitrogens with zero attached hydrogens (tertiary/aromatic N) is 3. The van der Waals surface area contributed by atoms with Crippen LogP contribution in [0.5, 0.6) is 5.75 Å². The number of halogens is 3. The number of hydrogen-bond acceptors (Lipinski definition) is 5. The van der Waals surface area contributed by atoms with E-state index >= 15 is 0 Å². The quantitative estimate of drug-likeness (QED) is 0.698. The molecule has 0 spiro atoms. The smallest absolute Gasteiger partial charge is 0.406 e. The van der Waals surface area contributed by atoms with Crippen LogP contribution in [0.25, 0.3) is 11.3 Å². The van der Waals surface area contributed by atoms with Gasteiger partial charge in [0.2, 0.25) is 0 Å². The molecular formula is C20H19F3N4O2. The molecule has 29 heavy (non-hydrogen) atoms. The Morgan fingerprint density at radius 2 is 1.97 bits per heavy atom. The van der Waals surface area contributed by atoms with Crippen molar-refractivity contribution in [3.05, 3.63) is 66.4 Å². The number of morpholine rings is 1. The maximum atomic E-state index is 12.3. The van der Waals surface area contributed by atoms with Gasteiger partial charge in [0.05, 0.1) is 36.8 Å². The van der Waals surface area contributed by atoms with Crippen LogP contribution in [0, 0.1) is 0 Å². The van der Waals surface area contributed by atoms with Gasteiger partial charge in [0.1, 0.15) is 11.6 Å². The van der Waals surface area contributed by atoms with E-state index in [1.165, 1.54) is 12.1 Å². The SMILES string of the molecule is FC(F)(F)Oc1ccc(-c2cnc(C3COCCN3Cc3ccccn3)[nH]2)cc1. The van der Waals surface area contributed by atoms with Gasteiger partial charge in [-0.3, -0.25) is 9.88 Å². The number of aromatic nitrogens is 3. The normalized spacial score (nSPS) is 18.0. The molecule has 3 aromatic rings. The van der Waals surface area contributed by atoms with Gasteiger partial charge in [-0.15, -0.1) is 13.2 Å². The fourth-order valence-corrected chi connectivity index (χ4v) is 3.27. The Hall–Kier alpha value is -2.91. The van der Waals surface area contributed by atoms with Gasteiger partial charge < -0.3 is 14.5 Å². The summed E-state index contributed by atoms with van der Waals surface area (Å²) in [4.78, 5) is 14.4. The van der Waals surface area contributed by atoms with Crippen molar-refractivity contribution in [3.8, 4) is 17.0 Å². The molecule has 1 aliphatic heterocycles. The third kappa shape index (κ3) is 4.93. The first-order chi connectivity index (χ1) is 14.0. The fraction of sp³-hybridized carbons (Fsp3) is 0.300. The summed E-state index contributed by atoms with van der Waals surface area (Å²) < 4.78 is 46.5. The highest BCUT2D eigenvalue weighted by atomic mass is 19.4. The molecule has 152 valence electrons. The number of ether oxygens (including phenoxy) is 2. The van der Waals surface area contributed by atoms with Gasteiger partial charge in [-0.1, -0.05) is 6.07 Å². The van der Waals surface area contributed by atoms with E-state index in [4.69, 9.17) is 4.74 Å². The molecule has 4 rings (SSSR count).